The van der Waals surface area contributed by atoms with Crippen molar-refractivity contribution in [1.82, 2.24) is 4.98 Å². The molecule has 0 radical (unpaired) electrons. The summed E-state index contributed by atoms with van der Waals surface area (Å²) in [6.07, 6.45) is 4.39. The molecule has 0 N–H and O–H groups in total. The quantitative estimate of drug-likeness (QED) is 0.664. The molecule has 14 heavy (non-hydrogen) atoms. The molecule has 0 amide bonds. The van der Waals surface area contributed by atoms with Crippen LogP contribution in [0.15, 0.2) is 12.3 Å². The molecule has 2 nitrogen and oxygen atoms in total. The maximum atomic E-state index is 5.91. The summed E-state index contributed by atoms with van der Waals surface area (Å²) in [5.74, 6) is 0.683. The molecule has 1 aromatic heterocycles. The predicted octanol–water partition coefficient (Wildman–Crippen LogP) is 2.89. The summed E-state index contributed by atoms with van der Waals surface area (Å²) in [5, 5.41) is 0.570. The van der Waals surface area contributed by atoms with Crippen LogP contribution in [0.2, 0.25) is 5.15 Å². The number of halogens is 1. The van der Waals surface area contributed by atoms with Gasteiger partial charge in [-0.1, -0.05) is 11.6 Å². The van der Waals surface area contributed by atoms with Crippen molar-refractivity contribution < 1.29 is 4.74 Å². The third-order valence-corrected chi connectivity index (χ3v) is 3.58. The molecule has 0 bridgehead atoms. The minimum absolute atomic E-state index is 0.0953. The third-order valence-electron chi connectivity index (χ3n) is 3.37. The number of rotatable bonds is 1. The Morgan fingerprint density at radius 1 is 1.57 bits per heavy atom. The highest BCUT2D eigenvalue weighted by Gasteiger charge is 2.48. The Morgan fingerprint density at radius 2 is 2.36 bits per heavy atom. The van der Waals surface area contributed by atoms with Crippen molar-refractivity contribution in [2.45, 2.75) is 32.0 Å². The summed E-state index contributed by atoms with van der Waals surface area (Å²) >= 11 is 5.91. The molecular weight excluding hydrogens is 198 g/mol. The lowest BCUT2D eigenvalue weighted by molar-refractivity contribution is -0.0406. The fourth-order valence-corrected chi connectivity index (χ4v) is 2.47. The summed E-state index contributed by atoms with van der Waals surface area (Å²) in [6.45, 7) is 2.86. The van der Waals surface area contributed by atoms with E-state index in [1.54, 1.807) is 0 Å². The number of hydrogen-bond acceptors (Lipinski definition) is 2. The molecule has 2 heterocycles. The zero-order valence-corrected chi connectivity index (χ0v) is 8.84. The van der Waals surface area contributed by atoms with Crippen molar-refractivity contribution in [2.24, 2.45) is 5.92 Å². The molecule has 3 rings (SSSR count). The summed E-state index contributed by atoms with van der Waals surface area (Å²) in [4.78, 5) is 4.08. The van der Waals surface area contributed by atoms with Crippen LogP contribution in [0.3, 0.4) is 0 Å². The Labute approximate surface area is 88.2 Å². The number of hydrogen-bond donors (Lipinski definition) is 0. The zero-order chi connectivity index (χ0) is 9.76. The van der Waals surface area contributed by atoms with Gasteiger partial charge >= 0.3 is 0 Å². The number of aromatic nitrogens is 1. The Kier molecular flexibility index (Phi) is 1.68. The second-order valence-electron chi connectivity index (χ2n) is 4.33. The van der Waals surface area contributed by atoms with E-state index in [0.717, 1.165) is 0 Å². The highest BCUT2D eigenvalue weighted by Crippen LogP contribution is 2.52. The van der Waals surface area contributed by atoms with Gasteiger partial charge in [0.15, 0.2) is 0 Å². The molecule has 1 atom stereocenters. The van der Waals surface area contributed by atoms with Gasteiger partial charge in [-0.05, 0) is 37.3 Å². The summed E-state index contributed by atoms with van der Waals surface area (Å²) < 4.78 is 5.89. The normalized spacial score (nSPS) is 30.4. The summed E-state index contributed by atoms with van der Waals surface area (Å²) in [6, 6.07) is 1.96. The van der Waals surface area contributed by atoms with Crippen LogP contribution in [-0.2, 0) is 16.9 Å². The van der Waals surface area contributed by atoms with Crippen molar-refractivity contribution in [1.29, 1.82) is 0 Å². The summed E-state index contributed by atoms with van der Waals surface area (Å²) in [5.41, 5.74) is 2.35. The molecule has 3 heteroatoms. The molecule has 1 aliphatic carbocycles. The van der Waals surface area contributed by atoms with Gasteiger partial charge in [-0.25, -0.2) is 4.98 Å². The van der Waals surface area contributed by atoms with Crippen LogP contribution in [0.4, 0.5) is 0 Å². The van der Waals surface area contributed by atoms with E-state index in [1.807, 2.05) is 12.3 Å². The van der Waals surface area contributed by atoms with Crippen LogP contribution in [-0.4, -0.2) is 4.98 Å². The predicted molar refractivity (Wildman–Crippen MR) is 54.1 cm³/mol. The first-order valence-electron chi connectivity index (χ1n) is 4.99. The second kappa shape index (κ2) is 2.71. The van der Waals surface area contributed by atoms with Crippen LogP contribution in [0.5, 0.6) is 0 Å². The van der Waals surface area contributed by atoms with Gasteiger partial charge in [0.05, 0.1) is 12.2 Å². The van der Waals surface area contributed by atoms with Gasteiger partial charge in [0.2, 0.25) is 0 Å². The molecular formula is C11H12ClNO. The first-order valence-corrected chi connectivity index (χ1v) is 5.37. The molecule has 0 saturated heterocycles. The van der Waals surface area contributed by atoms with Gasteiger partial charge in [0.1, 0.15) is 5.15 Å². The largest absolute Gasteiger partial charge is 0.366 e. The van der Waals surface area contributed by atoms with Gasteiger partial charge in [-0.3, -0.25) is 0 Å². The van der Waals surface area contributed by atoms with E-state index in [9.17, 15) is 0 Å². The van der Waals surface area contributed by atoms with Crippen LogP contribution < -0.4 is 0 Å². The Hall–Kier alpha value is -0.600. The Morgan fingerprint density at radius 3 is 3.07 bits per heavy atom. The average molecular weight is 210 g/mol. The highest BCUT2D eigenvalue weighted by atomic mass is 35.5. The van der Waals surface area contributed by atoms with Crippen molar-refractivity contribution >= 4 is 11.6 Å². The number of pyridine rings is 1. The van der Waals surface area contributed by atoms with Crippen LogP contribution in [0.25, 0.3) is 0 Å². The standard InChI is InChI=1S/C11H12ClNO/c1-11(8-2-3-8)9-4-10(12)13-5-7(9)6-14-11/h4-5,8H,2-3,6H2,1H3. The van der Waals surface area contributed by atoms with Crippen LogP contribution in [0, 0.1) is 5.92 Å². The van der Waals surface area contributed by atoms with Gasteiger partial charge in [0.25, 0.3) is 0 Å². The van der Waals surface area contributed by atoms with Gasteiger partial charge < -0.3 is 4.74 Å². The highest BCUT2D eigenvalue weighted by molar-refractivity contribution is 6.29. The monoisotopic (exact) mass is 209 g/mol. The van der Waals surface area contributed by atoms with E-state index < -0.39 is 0 Å². The topological polar surface area (TPSA) is 22.1 Å². The first kappa shape index (κ1) is 8.69. The number of fused-ring (bicyclic) bond motifs is 1. The fraction of sp³-hybridized carbons (Fsp3) is 0.545. The molecule has 0 spiro atoms. The van der Waals surface area contributed by atoms with Crippen molar-refractivity contribution in [3.63, 3.8) is 0 Å². The molecule has 74 valence electrons. The maximum Gasteiger partial charge on any atom is 0.129 e. The lowest BCUT2D eigenvalue weighted by Gasteiger charge is -2.24. The van der Waals surface area contributed by atoms with E-state index in [1.165, 1.54) is 24.0 Å². The first-order chi connectivity index (χ1) is 6.70. The molecule has 1 saturated carbocycles. The van der Waals surface area contributed by atoms with Crippen LogP contribution in [0.1, 0.15) is 30.9 Å². The maximum absolute atomic E-state index is 5.91. The second-order valence-corrected chi connectivity index (χ2v) is 4.72. The lowest BCUT2D eigenvalue weighted by atomic mass is 9.91. The van der Waals surface area contributed by atoms with Gasteiger partial charge in [0, 0.05) is 11.8 Å². The van der Waals surface area contributed by atoms with Gasteiger partial charge in [-0.2, -0.15) is 0 Å². The van der Waals surface area contributed by atoms with Crippen LogP contribution >= 0.6 is 11.6 Å². The Balaban J connectivity index is 2.11. The minimum atomic E-state index is -0.0953. The zero-order valence-electron chi connectivity index (χ0n) is 8.09. The summed E-state index contributed by atoms with van der Waals surface area (Å²) in [7, 11) is 0. The lowest BCUT2D eigenvalue weighted by Crippen LogP contribution is -2.23. The van der Waals surface area contributed by atoms with E-state index in [-0.39, 0.29) is 5.60 Å². The molecule has 2 aliphatic rings. The third kappa shape index (κ3) is 1.11. The SMILES string of the molecule is CC1(C2CC2)OCc2cnc(Cl)cc21. The molecule has 0 aromatic carbocycles. The number of nitrogens with zero attached hydrogens (tertiary/aromatic N) is 1. The minimum Gasteiger partial charge on any atom is -0.366 e. The van der Waals surface area contributed by atoms with E-state index in [0.29, 0.717) is 17.7 Å². The van der Waals surface area contributed by atoms with Gasteiger partial charge in [-0.15, -0.1) is 0 Å². The van der Waals surface area contributed by atoms with E-state index in [4.69, 9.17) is 16.3 Å². The smallest absolute Gasteiger partial charge is 0.129 e. The molecule has 1 fully saturated rings. The van der Waals surface area contributed by atoms with E-state index in [2.05, 4.69) is 11.9 Å². The average Bonchev–Trinajstić information content (AvgIpc) is 2.95. The molecule has 1 unspecified atom stereocenters. The molecule has 1 aliphatic heterocycles. The van der Waals surface area contributed by atoms with Crippen molar-refractivity contribution in [3.05, 3.63) is 28.5 Å². The molecule has 1 aromatic rings. The van der Waals surface area contributed by atoms with Crippen molar-refractivity contribution in [2.75, 3.05) is 0 Å². The Bertz CT molecular complexity index is 389. The fourth-order valence-electron chi connectivity index (χ4n) is 2.31. The van der Waals surface area contributed by atoms with E-state index >= 15 is 0 Å². The number of ether oxygens (including phenoxy) is 1. The van der Waals surface area contributed by atoms with Crippen molar-refractivity contribution in [3.8, 4) is 0 Å².